The van der Waals surface area contributed by atoms with Crippen LogP contribution in [0.3, 0.4) is 0 Å². The molecule has 1 aromatic rings. The van der Waals surface area contributed by atoms with E-state index in [4.69, 9.17) is 9.47 Å². The van der Waals surface area contributed by atoms with Gasteiger partial charge in [0, 0.05) is 25.1 Å². The summed E-state index contributed by atoms with van der Waals surface area (Å²) in [6.45, 7) is 9.22. The molecule has 1 rings (SSSR count). The Kier molecular flexibility index (Phi) is 6.65. The lowest BCUT2D eigenvalue weighted by atomic mass is 10.3. The molecule has 98 valence electrons. The van der Waals surface area contributed by atoms with Gasteiger partial charge in [-0.25, -0.2) is 4.98 Å². The van der Waals surface area contributed by atoms with Gasteiger partial charge in [0.05, 0.1) is 12.3 Å². The summed E-state index contributed by atoms with van der Waals surface area (Å²) in [6.07, 6.45) is 0.0657. The normalized spacial score (nSPS) is 12.9. The average Bonchev–Trinajstić information content (AvgIpc) is 2.71. The van der Waals surface area contributed by atoms with Crippen molar-refractivity contribution in [1.82, 2.24) is 10.3 Å². The summed E-state index contributed by atoms with van der Waals surface area (Å²) >= 11 is 1.71. The van der Waals surface area contributed by atoms with Gasteiger partial charge in [-0.05, 0) is 20.4 Å². The predicted octanol–water partition coefficient (Wildman–Crippen LogP) is 2.50. The molecule has 0 saturated heterocycles. The van der Waals surface area contributed by atoms with Crippen molar-refractivity contribution in [2.75, 3.05) is 20.3 Å². The van der Waals surface area contributed by atoms with Crippen molar-refractivity contribution in [3.63, 3.8) is 0 Å². The van der Waals surface area contributed by atoms with Crippen molar-refractivity contribution in [3.8, 4) is 0 Å². The molecule has 1 N–H and O–H groups in total. The molecular formula is C12H22N2O2S. The molecule has 0 fully saturated rings. The quantitative estimate of drug-likeness (QED) is 0.778. The largest absolute Gasteiger partial charge is 0.378 e. The Bertz CT molecular complexity index is 328. The maximum atomic E-state index is 5.57. The van der Waals surface area contributed by atoms with E-state index in [9.17, 15) is 0 Å². The highest BCUT2D eigenvalue weighted by atomic mass is 32.1. The highest BCUT2D eigenvalue weighted by Gasteiger charge is 2.15. The van der Waals surface area contributed by atoms with Crippen molar-refractivity contribution in [2.24, 2.45) is 0 Å². The smallest absolute Gasteiger partial charge is 0.122 e. The second-order valence-corrected chi connectivity index (χ2v) is 4.85. The van der Waals surface area contributed by atoms with E-state index in [0.717, 1.165) is 23.8 Å². The molecule has 0 aliphatic carbocycles. The fourth-order valence-corrected chi connectivity index (χ4v) is 2.56. The van der Waals surface area contributed by atoms with Gasteiger partial charge in [-0.3, -0.25) is 0 Å². The average molecular weight is 258 g/mol. The molecule has 0 aliphatic heterocycles. The Morgan fingerprint density at radius 3 is 2.76 bits per heavy atom. The summed E-state index contributed by atoms with van der Waals surface area (Å²) in [5, 5.41) is 4.36. The minimum atomic E-state index is 0.0657. The van der Waals surface area contributed by atoms with Gasteiger partial charge in [0.1, 0.15) is 11.1 Å². The third-order valence-electron chi connectivity index (χ3n) is 2.38. The number of hydrogen-bond donors (Lipinski definition) is 1. The van der Waals surface area contributed by atoms with Crippen LogP contribution in [0.4, 0.5) is 0 Å². The van der Waals surface area contributed by atoms with Gasteiger partial charge >= 0.3 is 0 Å². The van der Waals surface area contributed by atoms with Gasteiger partial charge in [-0.15, -0.1) is 11.3 Å². The molecule has 4 nitrogen and oxygen atoms in total. The van der Waals surface area contributed by atoms with E-state index in [-0.39, 0.29) is 6.10 Å². The molecule has 1 aromatic heterocycles. The summed E-state index contributed by atoms with van der Waals surface area (Å²) in [6, 6.07) is 0. The molecule has 17 heavy (non-hydrogen) atoms. The zero-order valence-electron chi connectivity index (χ0n) is 11.1. The molecule has 0 bridgehead atoms. The van der Waals surface area contributed by atoms with E-state index in [1.807, 2.05) is 13.8 Å². The molecular weight excluding hydrogens is 236 g/mol. The monoisotopic (exact) mass is 258 g/mol. The van der Waals surface area contributed by atoms with E-state index in [2.05, 4.69) is 17.2 Å². The summed E-state index contributed by atoms with van der Waals surface area (Å²) in [7, 11) is 1.70. The van der Waals surface area contributed by atoms with Gasteiger partial charge in [0.15, 0.2) is 0 Å². The fourth-order valence-electron chi connectivity index (χ4n) is 1.52. The first-order chi connectivity index (χ1) is 8.22. The maximum Gasteiger partial charge on any atom is 0.122 e. The summed E-state index contributed by atoms with van der Waals surface area (Å²) in [4.78, 5) is 5.85. The number of methoxy groups -OCH3 is 1. The lowest BCUT2D eigenvalue weighted by molar-refractivity contribution is 0.0758. The standard InChI is InChI=1S/C12H22N2O2S/c1-5-13-7-11-10(8-15-4)14-12(17-11)9(3)16-6-2/h9,13H,5-8H2,1-4H3. The second kappa shape index (κ2) is 7.76. The van der Waals surface area contributed by atoms with Crippen molar-refractivity contribution in [2.45, 2.75) is 40.0 Å². The van der Waals surface area contributed by atoms with Crippen LogP contribution in [0.15, 0.2) is 0 Å². The van der Waals surface area contributed by atoms with Crippen molar-refractivity contribution >= 4 is 11.3 Å². The van der Waals surface area contributed by atoms with E-state index in [0.29, 0.717) is 13.2 Å². The molecule has 1 atom stereocenters. The SMILES string of the molecule is CCNCc1sc(C(C)OCC)nc1COC. The minimum absolute atomic E-state index is 0.0657. The lowest BCUT2D eigenvalue weighted by Gasteiger charge is -2.06. The Labute approximate surface area is 107 Å². The van der Waals surface area contributed by atoms with Crippen LogP contribution in [0.1, 0.15) is 42.5 Å². The number of nitrogens with zero attached hydrogens (tertiary/aromatic N) is 1. The van der Waals surface area contributed by atoms with Crippen LogP contribution in [0.25, 0.3) is 0 Å². The minimum Gasteiger partial charge on any atom is -0.378 e. The Morgan fingerprint density at radius 2 is 2.18 bits per heavy atom. The first kappa shape index (κ1) is 14.6. The van der Waals surface area contributed by atoms with Crippen LogP contribution >= 0.6 is 11.3 Å². The third kappa shape index (κ3) is 4.35. The lowest BCUT2D eigenvalue weighted by Crippen LogP contribution is -2.12. The van der Waals surface area contributed by atoms with Crippen LogP contribution in [0.5, 0.6) is 0 Å². The van der Waals surface area contributed by atoms with Crippen molar-refractivity contribution < 1.29 is 9.47 Å². The van der Waals surface area contributed by atoms with E-state index in [1.54, 1.807) is 18.4 Å². The Morgan fingerprint density at radius 1 is 1.41 bits per heavy atom. The summed E-state index contributed by atoms with van der Waals surface area (Å²) in [5.41, 5.74) is 1.03. The molecule has 0 aliphatic rings. The topological polar surface area (TPSA) is 43.4 Å². The molecule has 1 heterocycles. The highest BCUT2D eigenvalue weighted by Crippen LogP contribution is 2.26. The molecule has 5 heteroatoms. The Balaban J connectivity index is 2.78. The number of ether oxygens (including phenoxy) is 2. The summed E-state index contributed by atoms with van der Waals surface area (Å²) < 4.78 is 10.7. The maximum absolute atomic E-state index is 5.57. The molecule has 0 radical (unpaired) electrons. The van der Waals surface area contributed by atoms with Crippen LogP contribution in [0.2, 0.25) is 0 Å². The van der Waals surface area contributed by atoms with Crippen molar-refractivity contribution in [3.05, 3.63) is 15.6 Å². The van der Waals surface area contributed by atoms with Gasteiger partial charge < -0.3 is 14.8 Å². The molecule has 0 aromatic carbocycles. The zero-order valence-corrected chi connectivity index (χ0v) is 11.9. The summed E-state index contributed by atoms with van der Waals surface area (Å²) in [5.74, 6) is 0. The van der Waals surface area contributed by atoms with Crippen LogP contribution in [-0.2, 0) is 22.6 Å². The predicted molar refractivity (Wildman–Crippen MR) is 70.2 cm³/mol. The number of nitrogens with one attached hydrogen (secondary N) is 1. The molecule has 0 amide bonds. The van der Waals surface area contributed by atoms with E-state index >= 15 is 0 Å². The van der Waals surface area contributed by atoms with E-state index in [1.165, 1.54) is 4.88 Å². The Hall–Kier alpha value is -0.490. The fraction of sp³-hybridized carbons (Fsp3) is 0.750. The molecule has 1 unspecified atom stereocenters. The molecule has 0 spiro atoms. The van der Waals surface area contributed by atoms with Crippen LogP contribution < -0.4 is 5.32 Å². The highest BCUT2D eigenvalue weighted by molar-refractivity contribution is 7.11. The zero-order chi connectivity index (χ0) is 12.7. The second-order valence-electron chi connectivity index (χ2n) is 3.73. The van der Waals surface area contributed by atoms with E-state index < -0.39 is 0 Å². The van der Waals surface area contributed by atoms with Gasteiger partial charge in [0.25, 0.3) is 0 Å². The van der Waals surface area contributed by atoms with Gasteiger partial charge in [0.2, 0.25) is 0 Å². The van der Waals surface area contributed by atoms with Crippen LogP contribution in [-0.4, -0.2) is 25.2 Å². The van der Waals surface area contributed by atoms with Gasteiger partial charge in [-0.1, -0.05) is 6.92 Å². The number of hydrogen-bond acceptors (Lipinski definition) is 5. The number of thiazole rings is 1. The molecule has 0 saturated carbocycles. The third-order valence-corrected chi connectivity index (χ3v) is 3.63. The first-order valence-corrected chi connectivity index (χ1v) is 6.84. The number of rotatable bonds is 8. The number of aromatic nitrogens is 1. The first-order valence-electron chi connectivity index (χ1n) is 6.02. The van der Waals surface area contributed by atoms with Crippen LogP contribution in [0, 0.1) is 0 Å². The van der Waals surface area contributed by atoms with Gasteiger partial charge in [-0.2, -0.15) is 0 Å². The van der Waals surface area contributed by atoms with Crippen molar-refractivity contribution in [1.29, 1.82) is 0 Å².